The fourth-order valence-electron chi connectivity index (χ4n) is 2.27. The Morgan fingerprint density at radius 2 is 1.83 bits per heavy atom. The number of ether oxygens (including phenoxy) is 2. The molecule has 0 fully saturated rings. The van der Waals surface area contributed by atoms with Gasteiger partial charge in [0.05, 0.1) is 25.8 Å². The third kappa shape index (κ3) is 4.36. The SMILES string of the molecule is C=CCC(NOC(=O)c1ccc(OC)cc1)c1ccccc1OC. The summed E-state index contributed by atoms with van der Waals surface area (Å²) >= 11 is 0. The van der Waals surface area contributed by atoms with Crippen LogP contribution >= 0.6 is 0 Å². The quantitative estimate of drug-likeness (QED) is 0.592. The number of nitrogens with one attached hydrogen (secondary N) is 1. The average Bonchev–Trinajstić information content (AvgIpc) is 2.65. The highest BCUT2D eigenvalue weighted by molar-refractivity contribution is 5.89. The first kappa shape index (κ1) is 17.6. The van der Waals surface area contributed by atoms with Crippen molar-refractivity contribution >= 4 is 5.97 Å². The number of carbonyl (C=O) groups is 1. The van der Waals surface area contributed by atoms with Crippen LogP contribution in [0.1, 0.15) is 28.4 Å². The fraction of sp³-hybridized carbons (Fsp3) is 0.211. The molecule has 126 valence electrons. The first-order chi connectivity index (χ1) is 11.7. The molecule has 0 heterocycles. The number of rotatable bonds is 8. The zero-order valence-electron chi connectivity index (χ0n) is 13.8. The van der Waals surface area contributed by atoms with Crippen LogP contribution in [0.15, 0.2) is 61.2 Å². The van der Waals surface area contributed by atoms with Gasteiger partial charge in [-0.3, -0.25) is 0 Å². The standard InChI is InChI=1S/C19H21NO4/c1-4-7-17(16-8-5-6-9-18(16)23-3)20-24-19(21)14-10-12-15(22-2)13-11-14/h4-6,8-13,17,20H,1,7H2,2-3H3. The van der Waals surface area contributed by atoms with Crippen molar-refractivity contribution in [3.63, 3.8) is 0 Å². The molecule has 0 aliphatic rings. The summed E-state index contributed by atoms with van der Waals surface area (Å²) in [6.07, 6.45) is 2.33. The smallest absolute Gasteiger partial charge is 0.356 e. The molecular weight excluding hydrogens is 306 g/mol. The van der Waals surface area contributed by atoms with Crippen molar-refractivity contribution < 1.29 is 19.1 Å². The van der Waals surface area contributed by atoms with Gasteiger partial charge in [-0.2, -0.15) is 0 Å². The highest BCUT2D eigenvalue weighted by Crippen LogP contribution is 2.27. The molecule has 5 nitrogen and oxygen atoms in total. The Hall–Kier alpha value is -2.79. The Labute approximate surface area is 141 Å². The van der Waals surface area contributed by atoms with Crippen molar-refractivity contribution in [1.82, 2.24) is 5.48 Å². The van der Waals surface area contributed by atoms with Crippen molar-refractivity contribution in [3.8, 4) is 11.5 Å². The van der Waals surface area contributed by atoms with Gasteiger partial charge in [-0.05, 0) is 36.8 Å². The third-order valence-corrected chi connectivity index (χ3v) is 3.54. The molecule has 2 rings (SSSR count). The van der Waals surface area contributed by atoms with Crippen LogP contribution < -0.4 is 15.0 Å². The lowest BCUT2D eigenvalue weighted by Gasteiger charge is -2.19. The summed E-state index contributed by atoms with van der Waals surface area (Å²) < 4.78 is 10.4. The minimum atomic E-state index is -0.471. The Kier molecular flexibility index (Phi) is 6.40. The highest BCUT2D eigenvalue weighted by Gasteiger charge is 2.17. The Morgan fingerprint density at radius 1 is 1.12 bits per heavy atom. The number of methoxy groups -OCH3 is 2. The molecule has 0 aromatic heterocycles. The van der Waals surface area contributed by atoms with E-state index in [2.05, 4.69) is 12.1 Å². The van der Waals surface area contributed by atoms with Crippen LogP contribution in [-0.2, 0) is 4.84 Å². The Morgan fingerprint density at radius 3 is 2.46 bits per heavy atom. The maximum Gasteiger partial charge on any atom is 0.356 e. The van der Waals surface area contributed by atoms with Gasteiger partial charge in [-0.1, -0.05) is 24.3 Å². The molecule has 1 unspecified atom stereocenters. The number of hydroxylamine groups is 1. The van der Waals surface area contributed by atoms with Crippen LogP contribution in [0.5, 0.6) is 11.5 Å². The van der Waals surface area contributed by atoms with E-state index in [1.807, 2.05) is 24.3 Å². The molecule has 5 heteroatoms. The summed E-state index contributed by atoms with van der Waals surface area (Å²) in [5.41, 5.74) is 4.13. The van der Waals surface area contributed by atoms with E-state index in [1.165, 1.54) is 0 Å². The van der Waals surface area contributed by atoms with E-state index in [9.17, 15) is 4.79 Å². The van der Waals surface area contributed by atoms with E-state index in [0.717, 1.165) is 11.3 Å². The third-order valence-electron chi connectivity index (χ3n) is 3.54. The van der Waals surface area contributed by atoms with Gasteiger partial charge in [-0.25, -0.2) is 4.79 Å². The number of para-hydroxylation sites is 1. The molecule has 0 saturated carbocycles. The first-order valence-electron chi connectivity index (χ1n) is 7.54. The summed E-state index contributed by atoms with van der Waals surface area (Å²) in [6.45, 7) is 3.75. The van der Waals surface area contributed by atoms with E-state index in [-0.39, 0.29) is 6.04 Å². The minimum absolute atomic E-state index is 0.249. The lowest BCUT2D eigenvalue weighted by atomic mass is 10.0. The molecule has 0 saturated heterocycles. The molecule has 0 spiro atoms. The van der Waals surface area contributed by atoms with E-state index in [4.69, 9.17) is 14.3 Å². The summed E-state index contributed by atoms with van der Waals surface area (Å²) in [7, 11) is 3.18. The second-order valence-electron chi connectivity index (χ2n) is 5.05. The van der Waals surface area contributed by atoms with Crippen molar-refractivity contribution in [2.75, 3.05) is 14.2 Å². The molecule has 0 radical (unpaired) electrons. The maximum absolute atomic E-state index is 12.2. The van der Waals surface area contributed by atoms with E-state index >= 15 is 0 Å². The number of hydrogen-bond donors (Lipinski definition) is 1. The molecule has 2 aromatic rings. The van der Waals surface area contributed by atoms with Gasteiger partial charge in [0, 0.05) is 5.56 Å². The number of hydrogen-bond acceptors (Lipinski definition) is 5. The topological polar surface area (TPSA) is 56.8 Å². The normalized spacial score (nSPS) is 11.4. The van der Waals surface area contributed by atoms with Gasteiger partial charge in [0.1, 0.15) is 11.5 Å². The van der Waals surface area contributed by atoms with Crippen molar-refractivity contribution in [1.29, 1.82) is 0 Å². The molecule has 24 heavy (non-hydrogen) atoms. The second-order valence-corrected chi connectivity index (χ2v) is 5.05. The maximum atomic E-state index is 12.2. The van der Waals surface area contributed by atoms with Crippen molar-refractivity contribution in [2.24, 2.45) is 0 Å². The van der Waals surface area contributed by atoms with Crippen LogP contribution in [0.4, 0.5) is 0 Å². The summed E-state index contributed by atoms with van der Waals surface area (Å²) in [5.74, 6) is 0.928. The molecule has 0 aliphatic heterocycles. The molecule has 0 bridgehead atoms. The Balaban J connectivity index is 2.07. The fourth-order valence-corrected chi connectivity index (χ4v) is 2.27. The van der Waals surface area contributed by atoms with Crippen molar-refractivity contribution in [3.05, 3.63) is 72.3 Å². The van der Waals surface area contributed by atoms with Crippen LogP contribution in [0.3, 0.4) is 0 Å². The van der Waals surface area contributed by atoms with Crippen LogP contribution in [0.25, 0.3) is 0 Å². The lowest BCUT2D eigenvalue weighted by Crippen LogP contribution is -2.25. The zero-order valence-corrected chi connectivity index (χ0v) is 13.8. The predicted octanol–water partition coefficient (Wildman–Crippen LogP) is 3.68. The second kappa shape index (κ2) is 8.74. The first-order valence-corrected chi connectivity index (χ1v) is 7.54. The summed E-state index contributed by atoms with van der Waals surface area (Å²) in [5, 5.41) is 0. The van der Waals surface area contributed by atoms with Gasteiger partial charge >= 0.3 is 5.97 Å². The predicted molar refractivity (Wildman–Crippen MR) is 92.1 cm³/mol. The Bertz CT molecular complexity index is 682. The van der Waals surface area contributed by atoms with Gasteiger partial charge in [0.2, 0.25) is 0 Å². The average molecular weight is 327 g/mol. The lowest BCUT2D eigenvalue weighted by molar-refractivity contribution is 0.0151. The zero-order chi connectivity index (χ0) is 17.4. The number of carbonyl (C=O) groups excluding carboxylic acids is 1. The van der Waals surface area contributed by atoms with E-state index in [0.29, 0.717) is 17.7 Å². The molecular formula is C19H21NO4. The largest absolute Gasteiger partial charge is 0.497 e. The minimum Gasteiger partial charge on any atom is -0.497 e. The van der Waals surface area contributed by atoms with Gasteiger partial charge in [0.15, 0.2) is 0 Å². The molecule has 1 N–H and O–H groups in total. The van der Waals surface area contributed by atoms with Gasteiger partial charge < -0.3 is 14.3 Å². The molecule has 0 aliphatic carbocycles. The van der Waals surface area contributed by atoms with Crippen LogP contribution in [-0.4, -0.2) is 20.2 Å². The van der Waals surface area contributed by atoms with Crippen LogP contribution in [0, 0.1) is 0 Å². The number of benzene rings is 2. The van der Waals surface area contributed by atoms with Gasteiger partial charge in [-0.15, -0.1) is 12.1 Å². The monoisotopic (exact) mass is 327 g/mol. The van der Waals surface area contributed by atoms with E-state index in [1.54, 1.807) is 44.6 Å². The molecule has 0 amide bonds. The molecule has 2 aromatic carbocycles. The highest BCUT2D eigenvalue weighted by atomic mass is 16.7. The molecule has 1 atom stereocenters. The summed E-state index contributed by atoms with van der Waals surface area (Å²) in [6, 6.07) is 14.0. The van der Waals surface area contributed by atoms with Crippen LogP contribution in [0.2, 0.25) is 0 Å². The van der Waals surface area contributed by atoms with Crippen molar-refractivity contribution in [2.45, 2.75) is 12.5 Å². The summed E-state index contributed by atoms with van der Waals surface area (Å²) in [4.78, 5) is 17.4. The van der Waals surface area contributed by atoms with Gasteiger partial charge in [0.25, 0.3) is 0 Å². The van der Waals surface area contributed by atoms with E-state index < -0.39 is 5.97 Å².